The molecule has 4 nitrogen and oxygen atoms in total. The van der Waals surface area contributed by atoms with Gasteiger partial charge in [-0.25, -0.2) is 0 Å². The van der Waals surface area contributed by atoms with Gasteiger partial charge in [-0.05, 0) is 60.5 Å². The van der Waals surface area contributed by atoms with Crippen LogP contribution in [0.2, 0.25) is 0 Å². The van der Waals surface area contributed by atoms with Crippen LogP contribution in [0.5, 0.6) is 0 Å². The van der Waals surface area contributed by atoms with Gasteiger partial charge in [0.1, 0.15) is 5.84 Å². The van der Waals surface area contributed by atoms with E-state index in [2.05, 4.69) is 66.9 Å². The van der Waals surface area contributed by atoms with Gasteiger partial charge in [-0.3, -0.25) is 4.99 Å². The number of nitrogens with two attached hydrogens (primary N) is 1. The molecule has 0 bridgehead atoms. The van der Waals surface area contributed by atoms with Crippen molar-refractivity contribution in [2.75, 3.05) is 30.8 Å². The third-order valence-corrected chi connectivity index (χ3v) is 6.53. The number of benzene rings is 2. The van der Waals surface area contributed by atoms with Crippen LogP contribution in [0.25, 0.3) is 0 Å². The number of unbranched alkanes of at least 4 members (excludes halogenated alkanes) is 1. The number of hydrogen-bond acceptors (Lipinski definition) is 3. The number of anilines is 2. The Morgan fingerprint density at radius 1 is 1.14 bits per heavy atom. The quantitative estimate of drug-likeness (QED) is 0.648. The first-order chi connectivity index (χ1) is 13.6. The zero-order chi connectivity index (χ0) is 19.7. The molecule has 0 fully saturated rings. The van der Waals surface area contributed by atoms with E-state index < -0.39 is 0 Å². The van der Waals surface area contributed by atoms with Crippen molar-refractivity contribution in [1.29, 1.82) is 0 Å². The van der Waals surface area contributed by atoms with Crippen molar-refractivity contribution >= 4 is 17.2 Å². The van der Waals surface area contributed by atoms with Gasteiger partial charge < -0.3 is 16.4 Å². The first-order valence-electron chi connectivity index (χ1n) is 10.5. The fourth-order valence-corrected chi connectivity index (χ4v) is 5.35. The molecule has 1 aliphatic carbocycles. The van der Waals surface area contributed by atoms with Gasteiger partial charge in [0.2, 0.25) is 0 Å². The van der Waals surface area contributed by atoms with Crippen LogP contribution in [0.4, 0.5) is 11.4 Å². The SMILES string of the molecule is CNc1cccc2c1C(C)C[C@]1(C)C(=NCCCCN)Nc3ccccc3[C@H]21. The summed E-state index contributed by atoms with van der Waals surface area (Å²) in [5, 5.41) is 7.12. The van der Waals surface area contributed by atoms with Crippen molar-refractivity contribution in [2.24, 2.45) is 16.1 Å². The lowest BCUT2D eigenvalue weighted by atomic mass is 9.57. The van der Waals surface area contributed by atoms with E-state index in [9.17, 15) is 0 Å². The van der Waals surface area contributed by atoms with E-state index >= 15 is 0 Å². The Bertz CT molecular complexity index is 888. The number of fused-ring (bicyclic) bond motifs is 5. The minimum atomic E-state index is -0.0319. The lowest BCUT2D eigenvalue weighted by Gasteiger charge is -2.50. The second kappa shape index (κ2) is 7.59. The number of nitrogens with one attached hydrogen (secondary N) is 2. The molecule has 0 amide bonds. The highest BCUT2D eigenvalue weighted by Crippen LogP contribution is 2.58. The molecule has 148 valence electrons. The highest BCUT2D eigenvalue weighted by Gasteiger charge is 2.50. The van der Waals surface area contributed by atoms with Crippen LogP contribution in [0.15, 0.2) is 47.5 Å². The summed E-state index contributed by atoms with van der Waals surface area (Å²) in [7, 11) is 2.02. The van der Waals surface area contributed by atoms with Crippen LogP contribution in [0.1, 0.15) is 61.6 Å². The molecule has 4 N–H and O–H groups in total. The predicted octanol–water partition coefficient (Wildman–Crippen LogP) is 4.94. The average Bonchev–Trinajstić information content (AvgIpc) is 2.70. The fourth-order valence-electron chi connectivity index (χ4n) is 5.35. The van der Waals surface area contributed by atoms with Gasteiger partial charge in [-0.2, -0.15) is 0 Å². The van der Waals surface area contributed by atoms with Gasteiger partial charge in [0.15, 0.2) is 0 Å². The van der Waals surface area contributed by atoms with Crippen LogP contribution in [0, 0.1) is 5.41 Å². The standard InChI is InChI=1S/C24H32N4/c1-16-15-24(2)22(18-10-8-12-20(26-3)21(16)18)17-9-4-5-11-19(17)28-23(24)27-14-7-6-13-25/h4-5,8-12,16,22,26H,6-7,13-15,25H2,1-3H3,(H,27,28)/t16?,22-,24+/m1/s1. The van der Waals surface area contributed by atoms with Crippen LogP contribution in [-0.2, 0) is 0 Å². The van der Waals surface area contributed by atoms with Gasteiger partial charge in [0.05, 0.1) is 0 Å². The Hall–Kier alpha value is -2.33. The second-order valence-electron chi connectivity index (χ2n) is 8.45. The molecule has 0 saturated carbocycles. The number of aliphatic imine (C=N–C) groups is 1. The van der Waals surface area contributed by atoms with Crippen molar-refractivity contribution in [1.82, 2.24) is 0 Å². The molecule has 1 unspecified atom stereocenters. The molecule has 1 aliphatic heterocycles. The van der Waals surface area contributed by atoms with E-state index in [1.54, 1.807) is 0 Å². The zero-order valence-electron chi connectivity index (χ0n) is 17.3. The van der Waals surface area contributed by atoms with Gasteiger partial charge in [0.25, 0.3) is 0 Å². The molecule has 2 aromatic rings. The third kappa shape index (κ3) is 3.00. The Morgan fingerprint density at radius 2 is 1.93 bits per heavy atom. The van der Waals surface area contributed by atoms with Crippen LogP contribution < -0.4 is 16.4 Å². The number of hydrogen-bond donors (Lipinski definition) is 3. The molecule has 0 saturated heterocycles. The summed E-state index contributed by atoms with van der Waals surface area (Å²) in [6.07, 6.45) is 3.15. The molecular formula is C24H32N4. The number of nitrogens with zero attached hydrogens (tertiary/aromatic N) is 1. The van der Waals surface area contributed by atoms with Crippen LogP contribution >= 0.6 is 0 Å². The normalized spacial score (nSPS) is 26.8. The molecule has 28 heavy (non-hydrogen) atoms. The zero-order valence-corrected chi connectivity index (χ0v) is 17.3. The van der Waals surface area contributed by atoms with E-state index in [-0.39, 0.29) is 5.41 Å². The number of rotatable bonds is 5. The second-order valence-corrected chi connectivity index (χ2v) is 8.45. The molecule has 0 aromatic heterocycles. The van der Waals surface area contributed by atoms with Gasteiger partial charge in [-0.15, -0.1) is 0 Å². The predicted molar refractivity (Wildman–Crippen MR) is 120 cm³/mol. The molecule has 1 heterocycles. The van der Waals surface area contributed by atoms with Crippen LogP contribution in [0.3, 0.4) is 0 Å². The van der Waals surface area contributed by atoms with E-state index in [1.807, 2.05) is 7.05 Å². The highest BCUT2D eigenvalue weighted by molar-refractivity contribution is 6.04. The number of para-hydroxylation sites is 1. The molecule has 4 rings (SSSR count). The summed E-state index contributed by atoms with van der Waals surface area (Å²) < 4.78 is 0. The van der Waals surface area contributed by atoms with Gasteiger partial charge >= 0.3 is 0 Å². The molecule has 0 radical (unpaired) electrons. The summed E-state index contributed by atoms with van der Waals surface area (Å²) in [5.74, 6) is 1.93. The van der Waals surface area contributed by atoms with Crippen molar-refractivity contribution in [3.05, 3.63) is 59.2 Å². The smallest absolute Gasteiger partial charge is 0.108 e. The van der Waals surface area contributed by atoms with Crippen molar-refractivity contribution in [3.63, 3.8) is 0 Å². The maximum atomic E-state index is 5.67. The highest BCUT2D eigenvalue weighted by atomic mass is 15.0. The Kier molecular flexibility index (Phi) is 5.15. The minimum Gasteiger partial charge on any atom is -0.388 e. The minimum absolute atomic E-state index is 0.0319. The number of amidine groups is 1. The third-order valence-electron chi connectivity index (χ3n) is 6.53. The van der Waals surface area contributed by atoms with Gasteiger partial charge in [0, 0.05) is 36.3 Å². The Balaban J connectivity index is 1.87. The fraction of sp³-hybridized carbons (Fsp3) is 0.458. The Labute approximate surface area is 168 Å². The maximum Gasteiger partial charge on any atom is 0.108 e. The lowest BCUT2D eigenvalue weighted by Crippen LogP contribution is -2.47. The first kappa shape index (κ1) is 19.0. The van der Waals surface area contributed by atoms with Gasteiger partial charge in [-0.1, -0.05) is 44.2 Å². The topological polar surface area (TPSA) is 62.4 Å². The molecule has 2 aliphatic rings. The van der Waals surface area contributed by atoms with Crippen molar-refractivity contribution < 1.29 is 0 Å². The molecule has 2 aromatic carbocycles. The maximum absolute atomic E-state index is 5.67. The van der Waals surface area contributed by atoms with E-state index in [4.69, 9.17) is 10.7 Å². The summed E-state index contributed by atoms with van der Waals surface area (Å²) >= 11 is 0. The lowest BCUT2D eigenvalue weighted by molar-refractivity contribution is 0.319. The summed E-state index contributed by atoms with van der Waals surface area (Å²) in [4.78, 5) is 5.06. The van der Waals surface area contributed by atoms with Crippen molar-refractivity contribution in [3.8, 4) is 0 Å². The van der Waals surface area contributed by atoms with Crippen LogP contribution in [-0.4, -0.2) is 26.0 Å². The average molecular weight is 377 g/mol. The Morgan fingerprint density at radius 3 is 2.71 bits per heavy atom. The molecule has 3 atom stereocenters. The molecular weight excluding hydrogens is 344 g/mol. The summed E-state index contributed by atoms with van der Waals surface area (Å²) in [5.41, 5.74) is 12.4. The molecule has 4 heteroatoms. The largest absolute Gasteiger partial charge is 0.388 e. The summed E-state index contributed by atoms with van der Waals surface area (Å²) in [6.45, 7) is 6.32. The summed E-state index contributed by atoms with van der Waals surface area (Å²) in [6, 6.07) is 15.4. The van der Waals surface area contributed by atoms with E-state index in [1.165, 1.54) is 28.1 Å². The monoisotopic (exact) mass is 376 g/mol. The molecule has 0 spiro atoms. The first-order valence-corrected chi connectivity index (χ1v) is 10.5. The van der Waals surface area contributed by atoms with E-state index in [0.29, 0.717) is 11.8 Å². The van der Waals surface area contributed by atoms with Crippen molar-refractivity contribution in [2.45, 2.75) is 44.9 Å². The van der Waals surface area contributed by atoms with E-state index in [0.717, 1.165) is 38.2 Å².